The number of aliphatic hydroxyl groups is 1. The van der Waals surface area contributed by atoms with E-state index in [1.54, 1.807) is 10.7 Å². The number of nitrogens with zero attached hydrogens (tertiary/aromatic N) is 2. The number of hydrogen-bond acceptors (Lipinski definition) is 3. The second kappa shape index (κ2) is 7.62. The summed E-state index contributed by atoms with van der Waals surface area (Å²) in [4.78, 5) is 12.3. The highest BCUT2D eigenvalue weighted by Gasteiger charge is 2.17. The van der Waals surface area contributed by atoms with Crippen LogP contribution in [0.4, 0.5) is 0 Å². The lowest BCUT2D eigenvalue weighted by molar-refractivity contribution is 0.0943. The van der Waals surface area contributed by atoms with Gasteiger partial charge in [-0.25, -0.2) is 4.68 Å². The molecule has 1 aromatic heterocycles. The first kappa shape index (κ1) is 18.2. The average Bonchev–Trinajstić information content (AvgIpc) is 2.94. The summed E-state index contributed by atoms with van der Waals surface area (Å²) in [6.45, 7) is 8.74. The van der Waals surface area contributed by atoms with Crippen molar-refractivity contribution in [3.63, 3.8) is 0 Å². The van der Waals surface area contributed by atoms with Crippen LogP contribution in [0.5, 0.6) is 0 Å². The summed E-state index contributed by atoms with van der Waals surface area (Å²) in [5.41, 5.74) is 3.38. The third kappa shape index (κ3) is 4.68. The van der Waals surface area contributed by atoms with E-state index in [4.69, 9.17) is 0 Å². The lowest BCUT2D eigenvalue weighted by Crippen LogP contribution is -2.26. The van der Waals surface area contributed by atoms with Crippen molar-refractivity contribution in [2.24, 2.45) is 5.41 Å². The highest BCUT2D eigenvalue weighted by Crippen LogP contribution is 2.20. The second-order valence-electron chi connectivity index (χ2n) is 7.10. The van der Waals surface area contributed by atoms with Crippen LogP contribution in [0, 0.1) is 19.3 Å². The maximum atomic E-state index is 12.3. The molecule has 0 atom stereocenters. The topological polar surface area (TPSA) is 67.2 Å². The van der Waals surface area contributed by atoms with Crippen LogP contribution in [0.3, 0.4) is 0 Å². The zero-order valence-corrected chi connectivity index (χ0v) is 15.0. The number of aryl methyl sites for hydroxylation is 2. The van der Waals surface area contributed by atoms with Crippen LogP contribution in [0.1, 0.15) is 48.4 Å². The van der Waals surface area contributed by atoms with Gasteiger partial charge in [-0.2, -0.15) is 5.10 Å². The number of carbonyl (C=O) groups excluding carboxylic acids is 1. The maximum absolute atomic E-state index is 12.3. The number of aliphatic hydroxyl groups excluding tert-OH is 1. The first-order valence-electron chi connectivity index (χ1n) is 8.35. The molecule has 0 unspecified atom stereocenters. The van der Waals surface area contributed by atoms with Crippen LogP contribution < -0.4 is 5.32 Å². The van der Waals surface area contributed by atoms with Crippen molar-refractivity contribution < 1.29 is 9.90 Å². The summed E-state index contributed by atoms with van der Waals surface area (Å²) in [6, 6.07) is 9.84. The third-order valence-corrected chi connectivity index (χ3v) is 4.14. The minimum absolute atomic E-state index is 0.103. The van der Waals surface area contributed by atoms with Gasteiger partial charge in [-0.3, -0.25) is 4.79 Å². The van der Waals surface area contributed by atoms with Gasteiger partial charge in [0, 0.05) is 18.8 Å². The molecule has 0 bridgehead atoms. The highest BCUT2D eigenvalue weighted by atomic mass is 16.3. The van der Waals surface area contributed by atoms with E-state index in [-0.39, 0.29) is 17.9 Å². The predicted octanol–water partition coefficient (Wildman–Crippen LogP) is 3.02. The van der Waals surface area contributed by atoms with E-state index < -0.39 is 0 Å². The van der Waals surface area contributed by atoms with Crippen molar-refractivity contribution in [2.75, 3.05) is 13.2 Å². The van der Waals surface area contributed by atoms with Crippen LogP contribution in [-0.2, 0) is 0 Å². The van der Waals surface area contributed by atoms with Crippen molar-refractivity contribution in [3.8, 4) is 5.69 Å². The number of hydrogen-bond donors (Lipinski definition) is 2. The standard InChI is InChI=1S/C19H27N3O2/c1-14-6-8-16(9-7-14)22-15(2)12-17(21-22)18(24)20-11-5-10-19(3,4)13-23/h6-9,12,23H,5,10-11,13H2,1-4H3,(H,20,24). The fourth-order valence-electron chi connectivity index (χ4n) is 2.47. The molecule has 5 heteroatoms. The Hall–Kier alpha value is -2.14. The Morgan fingerprint density at radius 1 is 1.25 bits per heavy atom. The molecule has 24 heavy (non-hydrogen) atoms. The van der Waals surface area contributed by atoms with Gasteiger partial charge in [-0.05, 0) is 50.3 Å². The van der Waals surface area contributed by atoms with Crippen LogP contribution >= 0.6 is 0 Å². The number of amides is 1. The summed E-state index contributed by atoms with van der Waals surface area (Å²) in [5.74, 6) is -0.161. The smallest absolute Gasteiger partial charge is 0.271 e. The van der Waals surface area contributed by atoms with E-state index >= 15 is 0 Å². The maximum Gasteiger partial charge on any atom is 0.271 e. The SMILES string of the molecule is Cc1ccc(-n2nc(C(=O)NCCCC(C)(C)CO)cc2C)cc1. The molecule has 0 aliphatic rings. The van der Waals surface area contributed by atoms with E-state index in [0.717, 1.165) is 24.2 Å². The summed E-state index contributed by atoms with van der Waals surface area (Å²) in [6.07, 6.45) is 1.69. The molecule has 2 aromatic rings. The summed E-state index contributed by atoms with van der Waals surface area (Å²) < 4.78 is 1.78. The summed E-state index contributed by atoms with van der Waals surface area (Å²) >= 11 is 0. The first-order chi connectivity index (χ1) is 11.3. The number of aromatic nitrogens is 2. The van der Waals surface area contributed by atoms with E-state index in [1.165, 1.54) is 5.56 Å². The van der Waals surface area contributed by atoms with Crippen LogP contribution in [0.2, 0.25) is 0 Å². The van der Waals surface area contributed by atoms with Crippen molar-refractivity contribution in [1.29, 1.82) is 0 Å². The molecular weight excluding hydrogens is 302 g/mol. The molecule has 0 saturated heterocycles. The molecule has 0 radical (unpaired) electrons. The van der Waals surface area contributed by atoms with E-state index in [9.17, 15) is 9.90 Å². The zero-order valence-electron chi connectivity index (χ0n) is 15.0. The normalized spacial score (nSPS) is 11.5. The Kier molecular flexibility index (Phi) is 5.78. The highest BCUT2D eigenvalue weighted by molar-refractivity contribution is 5.92. The van der Waals surface area contributed by atoms with Gasteiger partial charge in [-0.15, -0.1) is 0 Å². The predicted molar refractivity (Wildman–Crippen MR) is 95.5 cm³/mol. The second-order valence-corrected chi connectivity index (χ2v) is 7.10. The molecular formula is C19H27N3O2. The largest absolute Gasteiger partial charge is 0.396 e. The van der Waals surface area contributed by atoms with Gasteiger partial charge in [0.15, 0.2) is 5.69 Å². The van der Waals surface area contributed by atoms with Gasteiger partial charge < -0.3 is 10.4 Å². The molecule has 2 rings (SSSR count). The Bertz CT molecular complexity index is 687. The third-order valence-electron chi connectivity index (χ3n) is 4.14. The molecule has 130 valence electrons. The quantitative estimate of drug-likeness (QED) is 0.767. The number of rotatable bonds is 7. The summed E-state index contributed by atoms with van der Waals surface area (Å²) in [5, 5.41) is 16.6. The molecule has 2 N–H and O–H groups in total. The number of benzene rings is 1. The average molecular weight is 329 g/mol. The zero-order chi connectivity index (χ0) is 17.7. The molecule has 0 aliphatic heterocycles. The van der Waals surface area contributed by atoms with E-state index in [1.807, 2.05) is 52.0 Å². The van der Waals surface area contributed by atoms with E-state index in [2.05, 4.69) is 10.4 Å². The minimum Gasteiger partial charge on any atom is -0.396 e. The van der Waals surface area contributed by atoms with Crippen molar-refractivity contribution >= 4 is 5.91 Å². The lowest BCUT2D eigenvalue weighted by atomic mass is 9.89. The fourth-order valence-corrected chi connectivity index (χ4v) is 2.47. The Morgan fingerprint density at radius 3 is 2.54 bits per heavy atom. The van der Waals surface area contributed by atoms with Crippen LogP contribution in [0.15, 0.2) is 30.3 Å². The van der Waals surface area contributed by atoms with Gasteiger partial charge in [0.25, 0.3) is 5.91 Å². The Labute approximate surface area is 143 Å². The van der Waals surface area contributed by atoms with Crippen molar-refractivity contribution in [1.82, 2.24) is 15.1 Å². The van der Waals surface area contributed by atoms with Gasteiger partial charge in [-0.1, -0.05) is 31.5 Å². The minimum atomic E-state index is -0.161. The van der Waals surface area contributed by atoms with Crippen LogP contribution in [0.25, 0.3) is 5.69 Å². The molecule has 0 saturated carbocycles. The molecule has 5 nitrogen and oxygen atoms in total. The molecule has 1 heterocycles. The van der Waals surface area contributed by atoms with Crippen molar-refractivity contribution in [3.05, 3.63) is 47.3 Å². The molecule has 0 spiro atoms. The lowest BCUT2D eigenvalue weighted by Gasteiger charge is -2.21. The molecule has 0 fully saturated rings. The molecule has 0 aliphatic carbocycles. The fraction of sp³-hybridized carbons (Fsp3) is 0.474. The monoisotopic (exact) mass is 329 g/mol. The number of carbonyl (C=O) groups is 1. The van der Waals surface area contributed by atoms with E-state index in [0.29, 0.717) is 12.2 Å². The van der Waals surface area contributed by atoms with Gasteiger partial charge in [0.1, 0.15) is 0 Å². The Balaban J connectivity index is 1.96. The Morgan fingerprint density at radius 2 is 1.92 bits per heavy atom. The molecule has 1 amide bonds. The van der Waals surface area contributed by atoms with Gasteiger partial charge in [0.2, 0.25) is 0 Å². The van der Waals surface area contributed by atoms with Crippen LogP contribution in [-0.4, -0.2) is 33.9 Å². The summed E-state index contributed by atoms with van der Waals surface area (Å²) in [7, 11) is 0. The number of nitrogens with one attached hydrogen (secondary N) is 1. The first-order valence-corrected chi connectivity index (χ1v) is 8.35. The van der Waals surface area contributed by atoms with Gasteiger partial charge in [0.05, 0.1) is 5.69 Å². The van der Waals surface area contributed by atoms with Gasteiger partial charge >= 0.3 is 0 Å². The molecule has 1 aromatic carbocycles. The van der Waals surface area contributed by atoms with Crippen molar-refractivity contribution in [2.45, 2.75) is 40.5 Å².